The van der Waals surface area contributed by atoms with E-state index in [-0.39, 0.29) is 42.5 Å². The second-order valence-corrected chi connectivity index (χ2v) is 7.29. The molecule has 0 aliphatic rings. The monoisotopic (exact) mass is 520 g/mol. The fourth-order valence-electron chi connectivity index (χ4n) is 2.76. The summed E-state index contributed by atoms with van der Waals surface area (Å²) < 4.78 is 11.1. The van der Waals surface area contributed by atoms with Gasteiger partial charge in [-0.1, -0.05) is 26.0 Å². The summed E-state index contributed by atoms with van der Waals surface area (Å²) in [5, 5.41) is 9.01. The Balaban J connectivity index is 0.00000784. The van der Waals surface area contributed by atoms with Crippen LogP contribution in [0, 0.1) is 12.8 Å². The summed E-state index contributed by atoms with van der Waals surface area (Å²) in [4.78, 5) is 15.9. The molecule has 0 aliphatic carbocycles. The largest absolute Gasteiger partial charge is 0.490 e. The molecule has 0 saturated carbocycles. The van der Waals surface area contributed by atoms with Gasteiger partial charge in [-0.15, -0.1) is 24.0 Å². The van der Waals surface area contributed by atoms with Crippen molar-refractivity contribution >= 4 is 35.8 Å². The quantitative estimate of drug-likeness (QED) is 0.181. The highest BCUT2D eigenvalue weighted by Gasteiger charge is 2.11. The molecular formula is C21H37IN4O3. The third-order valence-electron chi connectivity index (χ3n) is 4.07. The number of rotatable bonds is 11. The van der Waals surface area contributed by atoms with Crippen molar-refractivity contribution in [2.24, 2.45) is 10.9 Å². The number of methoxy groups -OCH3 is 1. The van der Waals surface area contributed by atoms with Crippen molar-refractivity contribution in [1.82, 2.24) is 16.0 Å². The molecule has 166 valence electrons. The maximum atomic E-state index is 11.8. The van der Waals surface area contributed by atoms with Crippen molar-refractivity contribution in [3.63, 3.8) is 0 Å². The fourth-order valence-corrected chi connectivity index (χ4v) is 2.76. The number of halogens is 1. The van der Waals surface area contributed by atoms with Gasteiger partial charge in [0.2, 0.25) is 5.91 Å². The zero-order chi connectivity index (χ0) is 20.9. The predicted octanol–water partition coefficient (Wildman–Crippen LogP) is 2.85. The van der Waals surface area contributed by atoms with E-state index in [0.29, 0.717) is 31.6 Å². The molecule has 29 heavy (non-hydrogen) atoms. The second kappa shape index (κ2) is 15.3. The molecule has 1 aromatic carbocycles. The number of aliphatic imine (C=N–C) groups is 1. The standard InChI is InChI=1S/C21H36N4O3.HI/c1-15(2)11-17(4)28-19-12-16(3)7-8-18(19)13-24-21(22-5)25-14-20(26)23-9-10-27-6;/h7-8,12,15,17H,9-11,13-14H2,1-6H3,(H,23,26)(H2,22,24,25);1H. The molecule has 0 spiro atoms. The number of carbonyl (C=O) groups is 1. The van der Waals surface area contributed by atoms with E-state index in [9.17, 15) is 4.79 Å². The van der Waals surface area contributed by atoms with E-state index in [1.165, 1.54) is 0 Å². The molecule has 0 fully saturated rings. The topological polar surface area (TPSA) is 84.0 Å². The summed E-state index contributed by atoms with van der Waals surface area (Å²) in [5.74, 6) is 1.92. The van der Waals surface area contributed by atoms with Gasteiger partial charge < -0.3 is 25.4 Å². The fraction of sp³-hybridized carbons (Fsp3) is 0.619. The van der Waals surface area contributed by atoms with E-state index >= 15 is 0 Å². The molecule has 8 heteroatoms. The van der Waals surface area contributed by atoms with Gasteiger partial charge in [-0.25, -0.2) is 0 Å². The Morgan fingerprint density at radius 3 is 2.52 bits per heavy atom. The molecule has 0 aromatic heterocycles. The molecular weight excluding hydrogens is 483 g/mol. The Hall–Kier alpha value is -1.55. The zero-order valence-electron chi connectivity index (χ0n) is 18.5. The number of amides is 1. The number of ether oxygens (including phenoxy) is 2. The van der Waals surface area contributed by atoms with Crippen LogP contribution in [-0.4, -0.2) is 51.8 Å². The molecule has 1 amide bonds. The van der Waals surface area contributed by atoms with Gasteiger partial charge in [-0.05, 0) is 37.8 Å². The van der Waals surface area contributed by atoms with Gasteiger partial charge in [-0.3, -0.25) is 9.79 Å². The molecule has 0 radical (unpaired) electrons. The lowest BCUT2D eigenvalue weighted by Crippen LogP contribution is -2.43. The third kappa shape index (κ3) is 11.9. The van der Waals surface area contributed by atoms with Crippen molar-refractivity contribution in [3.8, 4) is 5.75 Å². The lowest BCUT2D eigenvalue weighted by molar-refractivity contribution is -0.120. The van der Waals surface area contributed by atoms with Gasteiger partial charge in [0.15, 0.2) is 5.96 Å². The molecule has 7 nitrogen and oxygen atoms in total. The van der Waals surface area contributed by atoms with E-state index < -0.39 is 0 Å². The minimum absolute atomic E-state index is 0. The van der Waals surface area contributed by atoms with Gasteiger partial charge in [0, 0.05) is 32.8 Å². The molecule has 0 bridgehead atoms. The number of nitrogens with one attached hydrogen (secondary N) is 3. The van der Waals surface area contributed by atoms with E-state index in [0.717, 1.165) is 23.3 Å². The zero-order valence-corrected chi connectivity index (χ0v) is 20.8. The van der Waals surface area contributed by atoms with Gasteiger partial charge in [0.1, 0.15) is 5.75 Å². The number of aryl methyl sites for hydroxylation is 1. The number of hydrogen-bond acceptors (Lipinski definition) is 4. The average Bonchev–Trinajstić information content (AvgIpc) is 2.62. The van der Waals surface area contributed by atoms with E-state index in [1.807, 2.05) is 0 Å². The van der Waals surface area contributed by atoms with Crippen LogP contribution in [0.1, 0.15) is 38.3 Å². The summed E-state index contributed by atoms with van der Waals surface area (Å²) in [6.07, 6.45) is 1.15. The molecule has 0 aliphatic heterocycles. The second-order valence-electron chi connectivity index (χ2n) is 7.29. The van der Waals surface area contributed by atoms with Gasteiger partial charge in [-0.2, -0.15) is 0 Å². The number of nitrogens with zero attached hydrogens (tertiary/aromatic N) is 1. The Kier molecular flexibility index (Phi) is 14.5. The first kappa shape index (κ1) is 27.5. The first-order chi connectivity index (χ1) is 13.3. The van der Waals surface area contributed by atoms with Crippen LogP contribution < -0.4 is 20.7 Å². The Labute approximate surface area is 192 Å². The smallest absolute Gasteiger partial charge is 0.239 e. The maximum Gasteiger partial charge on any atom is 0.239 e. The first-order valence-corrected chi connectivity index (χ1v) is 9.82. The average molecular weight is 520 g/mol. The molecule has 1 aromatic rings. The van der Waals surface area contributed by atoms with Crippen LogP contribution >= 0.6 is 24.0 Å². The SMILES string of the molecule is CN=C(NCC(=O)NCCOC)NCc1ccc(C)cc1OC(C)CC(C)C.I. The van der Waals surface area contributed by atoms with Gasteiger partial charge in [0.05, 0.1) is 19.3 Å². The van der Waals surface area contributed by atoms with Crippen LogP contribution in [-0.2, 0) is 16.1 Å². The van der Waals surface area contributed by atoms with Gasteiger partial charge in [0.25, 0.3) is 0 Å². The Bertz CT molecular complexity index is 638. The number of hydrogen-bond donors (Lipinski definition) is 3. The van der Waals surface area contributed by atoms with Crippen molar-refractivity contribution < 1.29 is 14.3 Å². The first-order valence-electron chi connectivity index (χ1n) is 9.82. The highest BCUT2D eigenvalue weighted by molar-refractivity contribution is 14.0. The van der Waals surface area contributed by atoms with Crippen molar-refractivity contribution in [2.45, 2.75) is 46.8 Å². The van der Waals surface area contributed by atoms with Crippen LogP contribution in [0.15, 0.2) is 23.2 Å². The van der Waals surface area contributed by atoms with Crippen LogP contribution in [0.5, 0.6) is 5.75 Å². The van der Waals surface area contributed by atoms with E-state index in [4.69, 9.17) is 9.47 Å². The van der Waals surface area contributed by atoms with E-state index in [1.54, 1.807) is 14.2 Å². The van der Waals surface area contributed by atoms with Crippen molar-refractivity contribution in [3.05, 3.63) is 29.3 Å². The molecule has 1 rings (SSSR count). The number of benzene rings is 1. The molecule has 3 N–H and O–H groups in total. The normalized spacial score (nSPS) is 12.2. The Morgan fingerprint density at radius 2 is 1.90 bits per heavy atom. The highest BCUT2D eigenvalue weighted by atomic mass is 127. The third-order valence-corrected chi connectivity index (χ3v) is 4.07. The maximum absolute atomic E-state index is 11.8. The van der Waals surface area contributed by atoms with Crippen LogP contribution in [0.4, 0.5) is 0 Å². The van der Waals surface area contributed by atoms with Gasteiger partial charge >= 0.3 is 0 Å². The molecule has 0 heterocycles. The van der Waals surface area contributed by atoms with Crippen LogP contribution in [0.2, 0.25) is 0 Å². The summed E-state index contributed by atoms with van der Waals surface area (Å²) in [7, 11) is 3.28. The Morgan fingerprint density at radius 1 is 1.17 bits per heavy atom. The summed E-state index contributed by atoms with van der Waals surface area (Å²) in [6, 6.07) is 6.19. The molecule has 0 saturated heterocycles. The summed E-state index contributed by atoms with van der Waals surface area (Å²) in [5.41, 5.74) is 2.21. The minimum atomic E-state index is -0.109. The van der Waals surface area contributed by atoms with Crippen LogP contribution in [0.3, 0.4) is 0 Å². The van der Waals surface area contributed by atoms with Crippen molar-refractivity contribution in [2.75, 3.05) is 33.9 Å². The number of carbonyl (C=O) groups excluding carboxylic acids is 1. The van der Waals surface area contributed by atoms with E-state index in [2.05, 4.69) is 66.8 Å². The van der Waals surface area contributed by atoms with Crippen molar-refractivity contribution in [1.29, 1.82) is 0 Å². The number of guanidine groups is 1. The minimum Gasteiger partial charge on any atom is -0.490 e. The van der Waals surface area contributed by atoms with Crippen LogP contribution in [0.25, 0.3) is 0 Å². The lowest BCUT2D eigenvalue weighted by atomic mass is 10.1. The summed E-state index contributed by atoms with van der Waals surface area (Å²) in [6.45, 7) is 10.2. The lowest BCUT2D eigenvalue weighted by Gasteiger charge is -2.20. The predicted molar refractivity (Wildman–Crippen MR) is 129 cm³/mol. The highest BCUT2D eigenvalue weighted by Crippen LogP contribution is 2.23. The molecule has 1 unspecified atom stereocenters. The molecule has 1 atom stereocenters. The summed E-state index contributed by atoms with van der Waals surface area (Å²) >= 11 is 0.